The summed E-state index contributed by atoms with van der Waals surface area (Å²) in [5, 5.41) is 0. The Morgan fingerprint density at radius 3 is 2.11 bits per heavy atom. The number of fused-ring (bicyclic) bond motifs is 3. The molecular weight excluding hydrogens is 498 g/mol. The number of allylic oxidation sites excluding steroid dienone is 5. The molecule has 3 aliphatic rings. The highest BCUT2D eigenvalue weighted by molar-refractivity contribution is 7.93. The molecule has 6 rings (SSSR count). The first kappa shape index (κ1) is 24.1. The number of hydrogen-bond donors (Lipinski definition) is 0. The van der Waals surface area contributed by atoms with Crippen LogP contribution in [0.4, 0.5) is 5.69 Å². The molecule has 0 saturated carbocycles. The van der Waals surface area contributed by atoms with E-state index in [-0.39, 0.29) is 10.7 Å². The number of carbonyl (C=O) groups is 2. The van der Waals surface area contributed by atoms with Gasteiger partial charge in [0.05, 0.1) is 23.1 Å². The number of nitrogens with zero attached hydrogens (tertiary/aromatic N) is 1. The van der Waals surface area contributed by atoms with Crippen molar-refractivity contribution in [1.29, 1.82) is 0 Å². The van der Waals surface area contributed by atoms with E-state index in [0.29, 0.717) is 23.4 Å². The average molecular weight is 524 g/mol. The van der Waals surface area contributed by atoms with E-state index in [2.05, 4.69) is 0 Å². The lowest BCUT2D eigenvalue weighted by Crippen LogP contribution is -2.49. The fourth-order valence-corrected chi connectivity index (χ4v) is 7.58. The lowest BCUT2D eigenvalue weighted by molar-refractivity contribution is -0.124. The number of benzene rings is 3. The zero-order valence-corrected chi connectivity index (χ0v) is 21.7. The number of ketones is 1. The largest absolute Gasteiger partial charge is 0.497 e. The van der Waals surface area contributed by atoms with Crippen LogP contribution in [0.3, 0.4) is 0 Å². The summed E-state index contributed by atoms with van der Waals surface area (Å²) < 4.78 is 34.2. The van der Waals surface area contributed by atoms with Crippen LogP contribution in [-0.4, -0.2) is 27.2 Å². The van der Waals surface area contributed by atoms with E-state index >= 15 is 0 Å². The van der Waals surface area contributed by atoms with Crippen molar-refractivity contribution in [2.75, 3.05) is 11.4 Å². The molecule has 3 aromatic carbocycles. The number of carbonyl (C=O) groups excluding carboxylic acids is 2. The van der Waals surface area contributed by atoms with Gasteiger partial charge in [0, 0.05) is 11.0 Å². The van der Waals surface area contributed by atoms with Crippen LogP contribution in [0.5, 0.6) is 5.75 Å². The third-order valence-electron chi connectivity index (χ3n) is 7.71. The fraction of sp³-hybridized carbons (Fsp3) is 0.161. The van der Waals surface area contributed by atoms with E-state index < -0.39 is 26.8 Å². The molecule has 1 spiro atoms. The molecule has 7 heteroatoms. The van der Waals surface area contributed by atoms with Gasteiger partial charge >= 0.3 is 0 Å². The monoisotopic (exact) mass is 523 g/mol. The molecule has 1 atom stereocenters. The minimum Gasteiger partial charge on any atom is -0.497 e. The molecule has 1 aliphatic heterocycles. The second-order valence-corrected chi connectivity index (χ2v) is 11.8. The summed E-state index contributed by atoms with van der Waals surface area (Å²) in [5.41, 5.74) is 1.68. The normalized spacial score (nSPS) is 21.6. The zero-order chi connectivity index (χ0) is 26.7. The number of para-hydroxylation sites is 1. The van der Waals surface area contributed by atoms with Crippen molar-refractivity contribution in [3.05, 3.63) is 114 Å². The van der Waals surface area contributed by atoms with Crippen LogP contribution >= 0.6 is 0 Å². The molecule has 1 amide bonds. The summed E-state index contributed by atoms with van der Waals surface area (Å²) in [5.74, 6) is -0.128. The lowest BCUT2D eigenvalue weighted by atomic mass is 9.71. The SMILES string of the molecule is COc1ccc(S(=O)(=O)N2C(=O)C3(C)CC4(C=CC(=O)C=C4)C(c4ccccc4)=C3c3ccccc32)cc1. The summed E-state index contributed by atoms with van der Waals surface area (Å²) in [6.45, 7) is 1.81. The minimum atomic E-state index is -4.24. The summed E-state index contributed by atoms with van der Waals surface area (Å²) in [6, 6.07) is 22.9. The molecule has 190 valence electrons. The molecule has 0 N–H and O–H groups in total. The van der Waals surface area contributed by atoms with Gasteiger partial charge in [0.2, 0.25) is 0 Å². The third-order valence-corrected chi connectivity index (χ3v) is 9.42. The van der Waals surface area contributed by atoms with Gasteiger partial charge in [0.1, 0.15) is 5.75 Å². The fourth-order valence-electron chi connectivity index (χ4n) is 6.05. The summed E-state index contributed by atoms with van der Waals surface area (Å²) >= 11 is 0. The molecule has 2 aliphatic carbocycles. The molecule has 0 fully saturated rings. The number of amides is 1. The van der Waals surface area contributed by atoms with Gasteiger partial charge in [-0.25, -0.2) is 12.7 Å². The first-order valence-corrected chi connectivity index (χ1v) is 13.7. The van der Waals surface area contributed by atoms with Crippen LogP contribution in [0.25, 0.3) is 11.1 Å². The Hall–Kier alpha value is -4.23. The van der Waals surface area contributed by atoms with Gasteiger partial charge in [0.25, 0.3) is 15.9 Å². The Balaban J connectivity index is 1.64. The molecule has 0 saturated heterocycles. The Kier molecular flexibility index (Phi) is 5.33. The Bertz CT molecular complexity index is 1670. The predicted octanol–water partition coefficient (Wildman–Crippen LogP) is 5.43. The average Bonchev–Trinajstić information content (AvgIpc) is 3.20. The van der Waals surface area contributed by atoms with Crippen molar-refractivity contribution in [1.82, 2.24) is 0 Å². The molecule has 0 aromatic heterocycles. The topological polar surface area (TPSA) is 80.8 Å². The third kappa shape index (κ3) is 3.35. The maximum absolute atomic E-state index is 14.5. The minimum absolute atomic E-state index is 0.00321. The standard InChI is InChI=1S/C31H25NO5S/c1-30-20-31(18-16-22(33)17-19-31)27(21-8-4-3-5-9-21)28(30)25-10-6-7-11-26(25)32(29(30)34)38(35,36)24-14-12-23(37-2)13-15-24/h3-19H,20H2,1-2H3. The van der Waals surface area contributed by atoms with Gasteiger partial charge in [-0.1, -0.05) is 60.7 Å². The summed E-state index contributed by atoms with van der Waals surface area (Å²) in [6.07, 6.45) is 7.07. The molecule has 0 radical (unpaired) electrons. The maximum atomic E-state index is 14.5. The maximum Gasteiger partial charge on any atom is 0.270 e. The van der Waals surface area contributed by atoms with Crippen LogP contribution in [0.2, 0.25) is 0 Å². The van der Waals surface area contributed by atoms with Crippen LogP contribution < -0.4 is 9.04 Å². The number of ether oxygens (including phenoxy) is 1. The quantitative estimate of drug-likeness (QED) is 0.455. The molecular formula is C31H25NO5S. The lowest BCUT2D eigenvalue weighted by Gasteiger charge is -2.40. The molecule has 1 unspecified atom stereocenters. The molecule has 0 bridgehead atoms. The van der Waals surface area contributed by atoms with Gasteiger partial charge in [-0.3, -0.25) is 9.59 Å². The van der Waals surface area contributed by atoms with Crippen molar-refractivity contribution in [3.63, 3.8) is 0 Å². The molecule has 6 nitrogen and oxygen atoms in total. The Labute approximate surface area is 221 Å². The van der Waals surface area contributed by atoms with Gasteiger partial charge in [-0.2, -0.15) is 0 Å². The number of hydrogen-bond acceptors (Lipinski definition) is 5. The molecule has 3 aromatic rings. The molecule has 1 heterocycles. The van der Waals surface area contributed by atoms with Crippen molar-refractivity contribution < 1.29 is 22.7 Å². The first-order chi connectivity index (χ1) is 18.2. The van der Waals surface area contributed by atoms with Crippen molar-refractivity contribution >= 4 is 38.5 Å². The van der Waals surface area contributed by atoms with Crippen molar-refractivity contribution in [2.45, 2.75) is 18.2 Å². The number of methoxy groups -OCH3 is 1. The van der Waals surface area contributed by atoms with E-state index in [9.17, 15) is 18.0 Å². The van der Waals surface area contributed by atoms with Crippen molar-refractivity contribution in [2.24, 2.45) is 10.8 Å². The summed E-state index contributed by atoms with van der Waals surface area (Å²) in [4.78, 5) is 26.6. The number of sulfonamides is 1. The number of rotatable bonds is 4. The molecule has 38 heavy (non-hydrogen) atoms. The Morgan fingerprint density at radius 2 is 1.45 bits per heavy atom. The number of anilines is 1. The smallest absolute Gasteiger partial charge is 0.270 e. The highest BCUT2D eigenvalue weighted by Crippen LogP contribution is 2.65. The van der Waals surface area contributed by atoms with Crippen LogP contribution in [0, 0.1) is 10.8 Å². The van der Waals surface area contributed by atoms with Crippen LogP contribution in [0.15, 0.2) is 108 Å². The van der Waals surface area contributed by atoms with Gasteiger partial charge in [0.15, 0.2) is 5.78 Å². The van der Waals surface area contributed by atoms with Crippen LogP contribution in [-0.2, 0) is 19.6 Å². The van der Waals surface area contributed by atoms with Gasteiger partial charge < -0.3 is 4.74 Å². The van der Waals surface area contributed by atoms with E-state index in [4.69, 9.17) is 4.74 Å². The van der Waals surface area contributed by atoms with Gasteiger partial charge in [-0.05, 0) is 72.5 Å². The van der Waals surface area contributed by atoms with E-state index in [1.165, 1.54) is 31.4 Å². The van der Waals surface area contributed by atoms with E-state index in [1.807, 2.05) is 61.5 Å². The second-order valence-electron chi connectivity index (χ2n) is 10.0. The highest BCUT2D eigenvalue weighted by Gasteiger charge is 2.60. The van der Waals surface area contributed by atoms with Crippen molar-refractivity contribution in [3.8, 4) is 5.75 Å². The highest BCUT2D eigenvalue weighted by atomic mass is 32.2. The predicted molar refractivity (Wildman–Crippen MR) is 146 cm³/mol. The zero-order valence-electron chi connectivity index (χ0n) is 20.9. The first-order valence-electron chi connectivity index (χ1n) is 12.3. The van der Waals surface area contributed by atoms with Gasteiger partial charge in [-0.15, -0.1) is 0 Å². The Morgan fingerprint density at radius 1 is 0.816 bits per heavy atom. The summed E-state index contributed by atoms with van der Waals surface area (Å²) in [7, 11) is -2.74. The van der Waals surface area contributed by atoms with E-state index in [0.717, 1.165) is 21.0 Å². The van der Waals surface area contributed by atoms with Crippen LogP contribution in [0.1, 0.15) is 24.5 Å². The van der Waals surface area contributed by atoms with E-state index in [1.54, 1.807) is 24.3 Å². The second kappa shape index (κ2) is 8.39.